The molecule has 22 aromatic rings. The molecule has 0 spiro atoms. The van der Waals surface area contributed by atoms with Gasteiger partial charge in [-0.15, -0.1) is 0 Å². The molecular weight excluding hydrogens is 1390 g/mol. The van der Waals surface area contributed by atoms with Gasteiger partial charge in [-0.25, -0.2) is 29.9 Å². The molecule has 0 atom stereocenters. The van der Waals surface area contributed by atoms with Gasteiger partial charge in [0.05, 0.1) is 45.2 Å². The molecule has 6 aromatic heterocycles. The molecule has 532 valence electrons. The van der Waals surface area contributed by atoms with E-state index in [9.17, 15) is 0 Å². The molecule has 8 heteroatoms. The molecule has 114 heavy (non-hydrogen) atoms. The van der Waals surface area contributed by atoms with E-state index in [-0.39, 0.29) is 0 Å². The number of hydrogen-bond donors (Lipinski definition) is 0. The molecule has 0 saturated heterocycles. The smallest absolute Gasteiger partial charge is 0.160 e. The number of rotatable bonds is 12. The highest BCUT2D eigenvalue weighted by Gasteiger charge is 2.26. The summed E-state index contributed by atoms with van der Waals surface area (Å²) >= 11 is 0. The average molecular weight is 1460 g/mol. The van der Waals surface area contributed by atoms with Gasteiger partial charge >= 0.3 is 0 Å². The summed E-state index contributed by atoms with van der Waals surface area (Å²) in [5, 5.41) is 11.0. The van der Waals surface area contributed by atoms with Crippen molar-refractivity contribution >= 4 is 87.2 Å². The van der Waals surface area contributed by atoms with E-state index in [1.807, 2.05) is 72.8 Å². The third-order valence-corrected chi connectivity index (χ3v) is 21.7. The zero-order valence-electron chi connectivity index (χ0n) is 61.6. The first kappa shape index (κ1) is 66.8. The van der Waals surface area contributed by atoms with Crippen LogP contribution in [0, 0.1) is 0 Å². The van der Waals surface area contributed by atoms with E-state index in [0.29, 0.717) is 11.6 Å². The molecule has 6 heterocycles. The molecule has 0 aliphatic carbocycles. The van der Waals surface area contributed by atoms with E-state index in [4.69, 9.17) is 38.7 Å². The van der Waals surface area contributed by atoms with Crippen LogP contribution in [0.25, 0.3) is 222 Å². The van der Waals surface area contributed by atoms with Gasteiger partial charge in [0.2, 0.25) is 0 Å². The Morgan fingerprint density at radius 2 is 0.456 bits per heavy atom. The maximum absolute atomic E-state index is 6.62. The minimum Gasteiger partial charge on any atom is -0.456 e. The lowest BCUT2D eigenvalue weighted by Gasteiger charge is -2.16. The van der Waals surface area contributed by atoms with Crippen LogP contribution in [-0.2, 0) is 0 Å². The van der Waals surface area contributed by atoms with Crippen LogP contribution in [0.1, 0.15) is 0 Å². The largest absolute Gasteiger partial charge is 0.456 e. The Hall–Kier alpha value is -15.4. The average Bonchev–Trinajstić information content (AvgIpc) is 1.44. The predicted molar refractivity (Wildman–Crippen MR) is 469 cm³/mol. The Morgan fingerprint density at radius 1 is 0.158 bits per heavy atom. The summed E-state index contributed by atoms with van der Waals surface area (Å²) in [6, 6.07) is 139. The number of benzene rings is 16. The number of hydrogen-bond acceptors (Lipinski definition) is 8. The Balaban J connectivity index is 0.000000143. The van der Waals surface area contributed by atoms with Crippen molar-refractivity contribution in [3.05, 3.63) is 400 Å². The van der Waals surface area contributed by atoms with Gasteiger partial charge in [-0.2, -0.15) is 0 Å². The first-order chi connectivity index (χ1) is 56.5. The van der Waals surface area contributed by atoms with Crippen LogP contribution in [0.15, 0.2) is 409 Å². The monoisotopic (exact) mass is 1450 g/mol. The summed E-state index contributed by atoms with van der Waals surface area (Å²) in [7, 11) is 0. The van der Waals surface area contributed by atoms with Gasteiger partial charge in [0.1, 0.15) is 22.3 Å². The maximum atomic E-state index is 6.62. The van der Waals surface area contributed by atoms with Gasteiger partial charge in [0.15, 0.2) is 11.6 Å². The number of pyridine rings is 2. The number of para-hydroxylation sites is 4. The molecule has 16 aromatic carbocycles. The van der Waals surface area contributed by atoms with E-state index in [0.717, 1.165) is 205 Å². The Morgan fingerprint density at radius 3 is 0.895 bits per heavy atom. The second kappa shape index (κ2) is 28.6. The van der Waals surface area contributed by atoms with Crippen LogP contribution in [-0.4, -0.2) is 29.9 Å². The van der Waals surface area contributed by atoms with E-state index in [2.05, 4.69) is 328 Å². The van der Waals surface area contributed by atoms with E-state index >= 15 is 0 Å². The normalized spacial score (nSPS) is 11.5. The van der Waals surface area contributed by atoms with Crippen LogP contribution >= 0.6 is 0 Å². The SMILES string of the molecule is c1ccc(-c2ccc(-c3nc(-c4ccccc4)cc(-c4cccc(-c5nc6ccccc6c6c(-c7ccccc7)c7c(cc56)oc5ccccc57)c4)n3)cc2)cc1.c1ccc(-c2cccc(-c3nc(-c4ccccc4)cc(-c4cccc(-c5nc6ccccc6c6c(-c7ccccc7)c7c(cc56)oc5ccccc57)c4)n3)c2)cc1. The molecule has 0 aliphatic heterocycles. The van der Waals surface area contributed by atoms with Gasteiger partial charge in [-0.3, -0.25) is 0 Å². The van der Waals surface area contributed by atoms with Crippen molar-refractivity contribution in [2.24, 2.45) is 0 Å². The molecule has 8 nitrogen and oxygen atoms in total. The predicted octanol–water partition coefficient (Wildman–Crippen LogP) is 28.2. The van der Waals surface area contributed by atoms with Gasteiger partial charge in [0.25, 0.3) is 0 Å². The molecule has 0 amide bonds. The minimum absolute atomic E-state index is 0.670. The Kier molecular flexibility index (Phi) is 16.7. The van der Waals surface area contributed by atoms with Gasteiger partial charge < -0.3 is 8.83 Å². The van der Waals surface area contributed by atoms with Gasteiger partial charge in [-0.05, 0) is 100 Å². The van der Waals surface area contributed by atoms with Crippen molar-refractivity contribution in [3.8, 4) is 135 Å². The third-order valence-electron chi connectivity index (χ3n) is 21.7. The lowest BCUT2D eigenvalue weighted by Crippen LogP contribution is -1.97. The standard InChI is InChI=1S/2C53H33N3O/c1-4-16-34(17-5-1)37-22-14-25-40(30-37)53-55-45(35-18-6-2-7-19-35)33-46(56-53)38-23-15-24-39(31-38)52-43-32-48-51(42-27-11-13-29-47(42)57-48)49(36-20-8-3-9-21-36)50(43)41-26-10-12-28-44(41)54-52;1-4-15-34(16-5-1)35-27-29-38(30-28-35)53-55-45(36-17-6-2-7-18-36)33-46(56-53)39-21-14-22-40(31-39)52-43-32-48-51(42-24-11-13-26-47(42)57-48)49(37-19-8-3-9-20-37)50(43)41-23-10-12-25-44(41)54-52/h2*1-33H. The van der Waals surface area contributed by atoms with Crippen LogP contribution in [0.3, 0.4) is 0 Å². The minimum atomic E-state index is 0.670. The molecule has 0 N–H and O–H groups in total. The second-order valence-corrected chi connectivity index (χ2v) is 28.7. The maximum Gasteiger partial charge on any atom is 0.160 e. The molecule has 22 rings (SSSR count). The number of nitrogens with zero attached hydrogens (tertiary/aromatic N) is 6. The highest BCUT2D eigenvalue weighted by molar-refractivity contribution is 6.29. The van der Waals surface area contributed by atoms with Crippen LogP contribution < -0.4 is 0 Å². The van der Waals surface area contributed by atoms with Crippen LogP contribution in [0.5, 0.6) is 0 Å². The molecule has 0 saturated carbocycles. The summed E-state index contributed by atoms with van der Waals surface area (Å²) in [4.78, 5) is 31.5. The summed E-state index contributed by atoms with van der Waals surface area (Å²) in [5.41, 5.74) is 27.5. The topological polar surface area (TPSA) is 104 Å². The van der Waals surface area contributed by atoms with Crippen molar-refractivity contribution in [2.75, 3.05) is 0 Å². The first-order valence-corrected chi connectivity index (χ1v) is 38.4. The Labute approximate surface area is 657 Å². The second-order valence-electron chi connectivity index (χ2n) is 28.7. The summed E-state index contributed by atoms with van der Waals surface area (Å²) in [5.74, 6) is 1.34. The highest BCUT2D eigenvalue weighted by Crippen LogP contribution is 2.49. The van der Waals surface area contributed by atoms with Gasteiger partial charge in [-0.1, -0.05) is 334 Å². The summed E-state index contributed by atoms with van der Waals surface area (Å²) < 4.78 is 13.2. The number of furan rings is 2. The van der Waals surface area contributed by atoms with Crippen molar-refractivity contribution in [3.63, 3.8) is 0 Å². The van der Waals surface area contributed by atoms with Crippen molar-refractivity contribution < 1.29 is 8.83 Å². The van der Waals surface area contributed by atoms with E-state index in [1.54, 1.807) is 0 Å². The van der Waals surface area contributed by atoms with Crippen LogP contribution in [0.2, 0.25) is 0 Å². The first-order valence-electron chi connectivity index (χ1n) is 38.4. The van der Waals surface area contributed by atoms with E-state index in [1.165, 1.54) is 5.56 Å². The molecule has 0 radical (unpaired) electrons. The zero-order valence-corrected chi connectivity index (χ0v) is 61.6. The lowest BCUT2D eigenvalue weighted by molar-refractivity contribution is 0.669. The van der Waals surface area contributed by atoms with E-state index < -0.39 is 0 Å². The quantitative estimate of drug-likeness (QED) is 0.111. The van der Waals surface area contributed by atoms with Crippen LogP contribution in [0.4, 0.5) is 0 Å². The fourth-order valence-electron chi connectivity index (χ4n) is 16.4. The fraction of sp³-hybridized carbons (Fsp3) is 0. The van der Waals surface area contributed by atoms with Crippen molar-refractivity contribution in [1.82, 2.24) is 29.9 Å². The fourth-order valence-corrected chi connectivity index (χ4v) is 16.4. The van der Waals surface area contributed by atoms with Crippen molar-refractivity contribution in [1.29, 1.82) is 0 Å². The zero-order chi connectivity index (χ0) is 75.4. The molecular formula is C106H66N6O2. The Bertz CT molecular complexity index is 7440. The molecule has 0 aliphatic rings. The highest BCUT2D eigenvalue weighted by atomic mass is 16.3. The van der Waals surface area contributed by atoms with Gasteiger partial charge in [0, 0.05) is 109 Å². The third kappa shape index (κ3) is 12.2. The summed E-state index contributed by atoms with van der Waals surface area (Å²) in [6.07, 6.45) is 0. The lowest BCUT2D eigenvalue weighted by atomic mass is 9.89. The molecule has 0 unspecified atom stereocenters. The molecule has 0 fully saturated rings. The number of fused-ring (bicyclic) bond motifs is 12. The molecule has 0 bridgehead atoms. The number of aromatic nitrogens is 6. The summed E-state index contributed by atoms with van der Waals surface area (Å²) in [6.45, 7) is 0. The van der Waals surface area contributed by atoms with Crippen molar-refractivity contribution in [2.45, 2.75) is 0 Å².